The summed E-state index contributed by atoms with van der Waals surface area (Å²) in [6.07, 6.45) is 6.80. The predicted molar refractivity (Wildman–Crippen MR) is 54.9 cm³/mol. The van der Waals surface area contributed by atoms with E-state index in [-0.39, 0.29) is 0 Å². The van der Waals surface area contributed by atoms with E-state index in [1.165, 1.54) is 25.7 Å². The van der Waals surface area contributed by atoms with Crippen molar-refractivity contribution in [2.24, 2.45) is 0 Å². The largest absolute Gasteiger partial charge is 0.431 e. The fourth-order valence-electron chi connectivity index (χ4n) is 1.65. The molecule has 1 aliphatic heterocycles. The van der Waals surface area contributed by atoms with Gasteiger partial charge in [-0.25, -0.2) is 0 Å². The van der Waals surface area contributed by atoms with Gasteiger partial charge in [0.2, 0.25) is 0 Å². The minimum absolute atomic E-state index is 0.758. The summed E-state index contributed by atoms with van der Waals surface area (Å²) < 4.78 is 6.11. The lowest BCUT2D eigenvalue weighted by atomic mass is 10.2. The predicted octanol–water partition coefficient (Wildman–Crippen LogP) is 2.82. The summed E-state index contributed by atoms with van der Waals surface area (Å²) in [5.74, 6) is 0. The van der Waals surface area contributed by atoms with Crippen LogP contribution in [0.4, 0.5) is 6.01 Å². The Morgan fingerprint density at radius 1 is 1.23 bits per heavy atom. The number of oxazole rings is 1. The molecule has 2 heterocycles. The Morgan fingerprint density at radius 2 is 1.92 bits per heavy atom. The second-order valence-electron chi connectivity index (χ2n) is 3.35. The summed E-state index contributed by atoms with van der Waals surface area (Å²) in [6.45, 7) is 2.15. The Kier molecular flexibility index (Phi) is 2.88. The normalized spacial score (nSPS) is 18.7. The molecule has 4 heteroatoms. The molecule has 1 saturated heterocycles. The van der Waals surface area contributed by atoms with Crippen molar-refractivity contribution in [3.63, 3.8) is 0 Å². The molecule has 1 aromatic heterocycles. The van der Waals surface area contributed by atoms with Crippen LogP contribution in [0.2, 0.25) is 0 Å². The maximum Gasteiger partial charge on any atom is 0.298 e. The maximum atomic E-state index is 5.33. The lowest BCUT2D eigenvalue weighted by Crippen LogP contribution is -2.23. The SMILES string of the molecule is Brc1coc(N2CCCCCC2)n1. The molecule has 2 rings (SSSR count). The standard InChI is InChI=1S/C9H13BrN2O/c10-8-7-13-9(11-8)12-5-3-1-2-4-6-12/h7H,1-6H2. The molecule has 3 nitrogen and oxygen atoms in total. The van der Waals surface area contributed by atoms with Crippen molar-refractivity contribution in [2.45, 2.75) is 25.7 Å². The zero-order valence-electron chi connectivity index (χ0n) is 7.50. The molecule has 0 spiro atoms. The van der Waals surface area contributed by atoms with Gasteiger partial charge in [-0.15, -0.1) is 0 Å². The Morgan fingerprint density at radius 3 is 2.46 bits per heavy atom. The van der Waals surface area contributed by atoms with Crippen LogP contribution in [0.1, 0.15) is 25.7 Å². The van der Waals surface area contributed by atoms with Gasteiger partial charge in [-0.05, 0) is 28.8 Å². The topological polar surface area (TPSA) is 29.3 Å². The first kappa shape index (κ1) is 9.06. The summed E-state index contributed by atoms with van der Waals surface area (Å²) >= 11 is 3.29. The number of rotatable bonds is 1. The zero-order valence-corrected chi connectivity index (χ0v) is 9.09. The first-order valence-corrected chi connectivity index (χ1v) is 5.51. The summed E-state index contributed by atoms with van der Waals surface area (Å²) in [6, 6.07) is 0.758. The molecular weight excluding hydrogens is 232 g/mol. The summed E-state index contributed by atoms with van der Waals surface area (Å²) in [4.78, 5) is 6.47. The van der Waals surface area contributed by atoms with Gasteiger partial charge in [-0.3, -0.25) is 0 Å². The van der Waals surface area contributed by atoms with Crippen LogP contribution >= 0.6 is 15.9 Å². The minimum Gasteiger partial charge on any atom is -0.431 e. The third kappa shape index (κ3) is 2.24. The van der Waals surface area contributed by atoms with Gasteiger partial charge >= 0.3 is 0 Å². The van der Waals surface area contributed by atoms with E-state index in [0.29, 0.717) is 0 Å². The van der Waals surface area contributed by atoms with E-state index in [1.807, 2.05) is 0 Å². The summed E-state index contributed by atoms with van der Waals surface area (Å²) in [5, 5.41) is 0. The van der Waals surface area contributed by atoms with Crippen molar-refractivity contribution >= 4 is 21.9 Å². The van der Waals surface area contributed by atoms with Gasteiger partial charge in [-0.1, -0.05) is 12.8 Å². The van der Waals surface area contributed by atoms with Crippen LogP contribution in [0.25, 0.3) is 0 Å². The van der Waals surface area contributed by atoms with Gasteiger partial charge < -0.3 is 9.32 Å². The van der Waals surface area contributed by atoms with E-state index in [9.17, 15) is 0 Å². The van der Waals surface area contributed by atoms with Gasteiger partial charge in [0, 0.05) is 13.1 Å². The molecule has 1 aliphatic rings. The van der Waals surface area contributed by atoms with Crippen LogP contribution in [0.5, 0.6) is 0 Å². The molecular formula is C9H13BrN2O. The second kappa shape index (κ2) is 4.13. The third-order valence-electron chi connectivity index (χ3n) is 2.34. The van der Waals surface area contributed by atoms with Gasteiger partial charge in [-0.2, -0.15) is 4.98 Å². The van der Waals surface area contributed by atoms with Crippen molar-refractivity contribution in [1.29, 1.82) is 0 Å². The quantitative estimate of drug-likeness (QED) is 0.761. The first-order valence-electron chi connectivity index (χ1n) is 4.72. The molecule has 1 fully saturated rings. The first-order chi connectivity index (χ1) is 6.36. The van der Waals surface area contributed by atoms with E-state index in [2.05, 4.69) is 25.8 Å². The second-order valence-corrected chi connectivity index (χ2v) is 4.17. The van der Waals surface area contributed by atoms with Crippen molar-refractivity contribution < 1.29 is 4.42 Å². The van der Waals surface area contributed by atoms with E-state index >= 15 is 0 Å². The molecule has 72 valence electrons. The number of nitrogens with zero attached hydrogens (tertiary/aromatic N) is 2. The molecule has 0 bridgehead atoms. The van der Waals surface area contributed by atoms with E-state index in [0.717, 1.165) is 23.7 Å². The van der Waals surface area contributed by atoms with Crippen LogP contribution in [-0.4, -0.2) is 18.1 Å². The summed E-state index contributed by atoms with van der Waals surface area (Å²) in [7, 11) is 0. The van der Waals surface area contributed by atoms with E-state index in [1.54, 1.807) is 6.26 Å². The van der Waals surface area contributed by atoms with Crippen LogP contribution in [0, 0.1) is 0 Å². The van der Waals surface area contributed by atoms with Gasteiger partial charge in [0.25, 0.3) is 6.01 Å². The van der Waals surface area contributed by atoms with Crippen molar-refractivity contribution in [3.8, 4) is 0 Å². The molecule has 0 aliphatic carbocycles. The lowest BCUT2D eigenvalue weighted by Gasteiger charge is -2.16. The van der Waals surface area contributed by atoms with Crippen molar-refractivity contribution in [2.75, 3.05) is 18.0 Å². The van der Waals surface area contributed by atoms with Gasteiger partial charge in [0.15, 0.2) is 0 Å². The maximum absolute atomic E-state index is 5.33. The molecule has 0 aromatic carbocycles. The highest BCUT2D eigenvalue weighted by Crippen LogP contribution is 2.20. The van der Waals surface area contributed by atoms with Gasteiger partial charge in [0.05, 0.1) is 0 Å². The van der Waals surface area contributed by atoms with Crippen LogP contribution < -0.4 is 4.90 Å². The molecule has 1 aromatic rings. The van der Waals surface area contributed by atoms with E-state index < -0.39 is 0 Å². The van der Waals surface area contributed by atoms with Gasteiger partial charge in [0.1, 0.15) is 10.9 Å². The van der Waals surface area contributed by atoms with Crippen molar-refractivity contribution in [3.05, 3.63) is 10.9 Å². The number of halogens is 1. The average molecular weight is 245 g/mol. The fraction of sp³-hybridized carbons (Fsp3) is 0.667. The molecule has 0 atom stereocenters. The number of hydrogen-bond acceptors (Lipinski definition) is 3. The Hall–Kier alpha value is -0.510. The molecule has 0 saturated carbocycles. The van der Waals surface area contributed by atoms with Crippen LogP contribution in [0.3, 0.4) is 0 Å². The Balaban J connectivity index is 2.06. The molecule has 13 heavy (non-hydrogen) atoms. The summed E-state index contributed by atoms with van der Waals surface area (Å²) in [5.41, 5.74) is 0. The number of hydrogen-bond donors (Lipinski definition) is 0. The highest BCUT2D eigenvalue weighted by Gasteiger charge is 2.13. The lowest BCUT2D eigenvalue weighted by molar-refractivity contribution is 0.533. The minimum atomic E-state index is 0.758. The number of aromatic nitrogens is 1. The molecule has 0 N–H and O–H groups in total. The van der Waals surface area contributed by atoms with Crippen LogP contribution in [0.15, 0.2) is 15.3 Å². The Bertz CT molecular complexity index is 266. The monoisotopic (exact) mass is 244 g/mol. The molecule has 0 radical (unpaired) electrons. The zero-order chi connectivity index (χ0) is 9.10. The molecule has 0 unspecified atom stereocenters. The third-order valence-corrected chi connectivity index (χ3v) is 2.70. The molecule has 0 amide bonds. The van der Waals surface area contributed by atoms with Crippen molar-refractivity contribution in [1.82, 2.24) is 4.98 Å². The number of anilines is 1. The van der Waals surface area contributed by atoms with E-state index in [4.69, 9.17) is 4.42 Å². The smallest absolute Gasteiger partial charge is 0.298 e. The van der Waals surface area contributed by atoms with Crippen LogP contribution in [-0.2, 0) is 0 Å². The average Bonchev–Trinajstić information content (AvgIpc) is 2.43. The highest BCUT2D eigenvalue weighted by molar-refractivity contribution is 9.10. The fourth-order valence-corrected chi connectivity index (χ4v) is 1.90. The highest BCUT2D eigenvalue weighted by atomic mass is 79.9. The Labute approximate surface area is 86.3 Å².